The summed E-state index contributed by atoms with van der Waals surface area (Å²) >= 11 is 0. The molecule has 4 heteroatoms. The molecular formula is C16H21N3O. The van der Waals surface area contributed by atoms with Crippen molar-refractivity contribution in [2.75, 3.05) is 30.3 Å². The Kier molecular flexibility index (Phi) is 3.74. The van der Waals surface area contributed by atoms with Gasteiger partial charge < -0.3 is 15.4 Å². The monoisotopic (exact) mass is 271 g/mol. The van der Waals surface area contributed by atoms with Gasteiger partial charge in [0.05, 0.1) is 17.5 Å². The van der Waals surface area contributed by atoms with Gasteiger partial charge >= 0.3 is 0 Å². The third-order valence-corrected chi connectivity index (χ3v) is 3.96. The average molecular weight is 271 g/mol. The van der Waals surface area contributed by atoms with E-state index in [-0.39, 0.29) is 0 Å². The van der Waals surface area contributed by atoms with Crippen molar-refractivity contribution in [2.45, 2.75) is 25.9 Å². The van der Waals surface area contributed by atoms with Crippen molar-refractivity contribution in [1.82, 2.24) is 4.98 Å². The Morgan fingerprint density at radius 3 is 3.15 bits per heavy atom. The van der Waals surface area contributed by atoms with Crippen LogP contribution in [0.25, 0.3) is 10.8 Å². The van der Waals surface area contributed by atoms with Crippen molar-refractivity contribution in [1.29, 1.82) is 0 Å². The van der Waals surface area contributed by atoms with E-state index in [1.54, 1.807) is 6.20 Å². The van der Waals surface area contributed by atoms with Crippen LogP contribution < -0.4 is 10.6 Å². The smallest absolute Gasteiger partial charge is 0.0750 e. The molecule has 0 amide bonds. The highest BCUT2D eigenvalue weighted by molar-refractivity contribution is 5.98. The highest BCUT2D eigenvalue weighted by Crippen LogP contribution is 2.32. The zero-order valence-electron chi connectivity index (χ0n) is 11.9. The maximum absolute atomic E-state index is 6.36. The van der Waals surface area contributed by atoms with Crippen molar-refractivity contribution in [3.63, 3.8) is 0 Å². The molecule has 1 aliphatic rings. The van der Waals surface area contributed by atoms with Crippen LogP contribution in [0.15, 0.2) is 30.6 Å². The summed E-state index contributed by atoms with van der Waals surface area (Å²) in [6.45, 7) is 4.80. The van der Waals surface area contributed by atoms with E-state index < -0.39 is 0 Å². The lowest BCUT2D eigenvalue weighted by Gasteiger charge is -2.35. The largest absolute Gasteiger partial charge is 0.397 e. The highest BCUT2D eigenvalue weighted by Gasteiger charge is 2.22. The molecule has 0 aliphatic carbocycles. The molecule has 0 radical (unpaired) electrons. The molecule has 1 aliphatic heterocycles. The summed E-state index contributed by atoms with van der Waals surface area (Å²) in [7, 11) is 0. The maximum Gasteiger partial charge on any atom is 0.0750 e. The normalized spacial score (nSPS) is 19.4. The number of fused-ring (bicyclic) bond motifs is 1. The maximum atomic E-state index is 6.36. The zero-order chi connectivity index (χ0) is 13.9. The number of pyridine rings is 1. The Morgan fingerprint density at radius 2 is 2.30 bits per heavy atom. The van der Waals surface area contributed by atoms with Gasteiger partial charge in [0, 0.05) is 42.9 Å². The van der Waals surface area contributed by atoms with E-state index in [1.165, 1.54) is 0 Å². The molecule has 2 aromatic rings. The predicted molar refractivity (Wildman–Crippen MR) is 83.0 cm³/mol. The topological polar surface area (TPSA) is 51.4 Å². The molecule has 3 rings (SSSR count). The van der Waals surface area contributed by atoms with Gasteiger partial charge in [0.2, 0.25) is 0 Å². The van der Waals surface area contributed by atoms with E-state index in [9.17, 15) is 0 Å². The fourth-order valence-corrected chi connectivity index (χ4v) is 2.99. The summed E-state index contributed by atoms with van der Waals surface area (Å²) in [6.07, 6.45) is 6.26. The van der Waals surface area contributed by atoms with Crippen molar-refractivity contribution in [2.24, 2.45) is 0 Å². The molecule has 0 saturated carbocycles. The number of piperidine rings is 1. The average Bonchev–Trinajstić information content (AvgIpc) is 2.48. The molecule has 1 unspecified atom stereocenters. The molecule has 1 aromatic carbocycles. The van der Waals surface area contributed by atoms with Gasteiger partial charge in [-0.25, -0.2) is 0 Å². The summed E-state index contributed by atoms with van der Waals surface area (Å²) < 4.78 is 5.77. The van der Waals surface area contributed by atoms with Crippen LogP contribution in [0.2, 0.25) is 0 Å². The molecule has 2 N–H and O–H groups in total. The van der Waals surface area contributed by atoms with E-state index >= 15 is 0 Å². The van der Waals surface area contributed by atoms with Crippen molar-refractivity contribution < 1.29 is 4.74 Å². The van der Waals surface area contributed by atoms with Crippen LogP contribution in [0.1, 0.15) is 19.8 Å². The van der Waals surface area contributed by atoms with Gasteiger partial charge in [-0.1, -0.05) is 6.07 Å². The number of ether oxygens (including phenoxy) is 1. The summed E-state index contributed by atoms with van der Waals surface area (Å²) in [6, 6.07) is 6.18. The molecule has 4 nitrogen and oxygen atoms in total. The van der Waals surface area contributed by atoms with Gasteiger partial charge in [-0.05, 0) is 31.9 Å². The van der Waals surface area contributed by atoms with Crippen LogP contribution in [0.4, 0.5) is 11.4 Å². The predicted octanol–water partition coefficient (Wildman–Crippen LogP) is 2.82. The summed E-state index contributed by atoms with van der Waals surface area (Å²) in [5.74, 6) is 0. The van der Waals surface area contributed by atoms with Crippen LogP contribution in [-0.2, 0) is 4.74 Å². The molecular weight excluding hydrogens is 250 g/mol. The van der Waals surface area contributed by atoms with Gasteiger partial charge in [-0.3, -0.25) is 4.98 Å². The fourth-order valence-electron chi connectivity index (χ4n) is 2.99. The van der Waals surface area contributed by atoms with Crippen molar-refractivity contribution >= 4 is 22.1 Å². The third-order valence-electron chi connectivity index (χ3n) is 3.96. The van der Waals surface area contributed by atoms with Crippen LogP contribution in [0, 0.1) is 0 Å². The SMILES string of the molecule is CCOC1CCCN(c2ccc3cnccc3c2N)C1. The number of rotatable bonds is 3. The number of benzene rings is 1. The lowest BCUT2D eigenvalue weighted by molar-refractivity contribution is 0.0527. The quantitative estimate of drug-likeness (QED) is 0.872. The highest BCUT2D eigenvalue weighted by atomic mass is 16.5. The van der Waals surface area contributed by atoms with E-state index in [4.69, 9.17) is 10.5 Å². The summed E-state index contributed by atoms with van der Waals surface area (Å²) in [5.41, 5.74) is 8.33. The van der Waals surface area contributed by atoms with Gasteiger partial charge in [-0.15, -0.1) is 0 Å². The minimum absolute atomic E-state index is 0.321. The number of nitrogen functional groups attached to an aromatic ring is 1. The van der Waals surface area contributed by atoms with Crippen LogP contribution >= 0.6 is 0 Å². The molecule has 20 heavy (non-hydrogen) atoms. The van der Waals surface area contributed by atoms with Gasteiger partial charge in [-0.2, -0.15) is 0 Å². The molecule has 1 saturated heterocycles. The molecule has 106 valence electrons. The second-order valence-corrected chi connectivity index (χ2v) is 5.26. The molecule has 2 heterocycles. The van der Waals surface area contributed by atoms with Gasteiger partial charge in [0.25, 0.3) is 0 Å². The lowest BCUT2D eigenvalue weighted by atomic mass is 10.0. The summed E-state index contributed by atoms with van der Waals surface area (Å²) in [5, 5.41) is 2.17. The first-order chi connectivity index (χ1) is 9.79. The van der Waals surface area contributed by atoms with Crippen LogP contribution in [-0.4, -0.2) is 30.8 Å². The molecule has 0 spiro atoms. The number of anilines is 2. The Morgan fingerprint density at radius 1 is 1.40 bits per heavy atom. The second kappa shape index (κ2) is 5.67. The zero-order valence-corrected chi connectivity index (χ0v) is 11.9. The van der Waals surface area contributed by atoms with Crippen molar-refractivity contribution in [3.05, 3.63) is 30.6 Å². The van der Waals surface area contributed by atoms with E-state index in [0.717, 1.165) is 54.7 Å². The Balaban J connectivity index is 1.91. The number of nitrogens with two attached hydrogens (primary N) is 1. The van der Waals surface area contributed by atoms with Crippen LogP contribution in [0.3, 0.4) is 0 Å². The molecule has 1 aromatic heterocycles. The molecule has 1 fully saturated rings. The number of hydrogen-bond donors (Lipinski definition) is 1. The Bertz CT molecular complexity index is 597. The van der Waals surface area contributed by atoms with Crippen LogP contribution in [0.5, 0.6) is 0 Å². The molecule has 1 atom stereocenters. The first kappa shape index (κ1) is 13.2. The van der Waals surface area contributed by atoms with Crippen molar-refractivity contribution in [3.8, 4) is 0 Å². The lowest BCUT2D eigenvalue weighted by Crippen LogP contribution is -2.40. The number of aromatic nitrogens is 1. The molecule has 0 bridgehead atoms. The van der Waals surface area contributed by atoms with Gasteiger partial charge in [0.1, 0.15) is 0 Å². The minimum atomic E-state index is 0.321. The number of nitrogens with zero attached hydrogens (tertiary/aromatic N) is 2. The first-order valence-electron chi connectivity index (χ1n) is 7.28. The van der Waals surface area contributed by atoms with E-state index in [2.05, 4.69) is 28.9 Å². The standard InChI is InChI=1S/C16H21N3O/c1-2-20-13-4-3-9-19(11-13)15-6-5-12-10-18-8-7-14(12)16(15)17/h5-8,10,13H,2-4,9,11,17H2,1H3. The second-order valence-electron chi connectivity index (χ2n) is 5.26. The Labute approximate surface area is 119 Å². The third kappa shape index (κ3) is 2.43. The van der Waals surface area contributed by atoms with E-state index in [1.807, 2.05) is 12.3 Å². The van der Waals surface area contributed by atoms with E-state index in [0.29, 0.717) is 6.10 Å². The fraction of sp³-hybridized carbons (Fsp3) is 0.438. The minimum Gasteiger partial charge on any atom is -0.397 e. The number of hydrogen-bond acceptors (Lipinski definition) is 4. The summed E-state index contributed by atoms with van der Waals surface area (Å²) in [4.78, 5) is 6.49. The Hall–Kier alpha value is -1.81. The first-order valence-corrected chi connectivity index (χ1v) is 7.28. The van der Waals surface area contributed by atoms with Gasteiger partial charge in [0.15, 0.2) is 0 Å².